The van der Waals surface area contributed by atoms with Gasteiger partial charge in [-0.2, -0.15) is 0 Å². The van der Waals surface area contributed by atoms with Gasteiger partial charge < -0.3 is 14.8 Å². The smallest absolute Gasteiger partial charge is 0.258 e. The highest BCUT2D eigenvalue weighted by molar-refractivity contribution is 7.89. The third-order valence-corrected chi connectivity index (χ3v) is 5.68. The van der Waals surface area contributed by atoms with Gasteiger partial charge in [0.25, 0.3) is 5.91 Å². The lowest BCUT2D eigenvalue weighted by Crippen LogP contribution is -2.29. The molecule has 0 aromatic heterocycles. The number of hydrogen-bond acceptors (Lipinski definition) is 5. The summed E-state index contributed by atoms with van der Waals surface area (Å²) < 4.78 is 36.6. The van der Waals surface area contributed by atoms with Crippen LogP contribution in [0.15, 0.2) is 47.4 Å². The van der Waals surface area contributed by atoms with Crippen LogP contribution >= 0.6 is 0 Å². The number of ether oxygens (including phenoxy) is 2. The second-order valence-electron chi connectivity index (χ2n) is 6.15. The summed E-state index contributed by atoms with van der Waals surface area (Å²) >= 11 is 0. The zero-order chi connectivity index (χ0) is 20.0. The summed E-state index contributed by atoms with van der Waals surface area (Å²) in [5.41, 5.74) is 1.67. The van der Waals surface area contributed by atoms with E-state index in [2.05, 4.69) is 5.32 Å². The molecule has 2 aromatic rings. The number of hydrogen-bond donors (Lipinski definition) is 1. The van der Waals surface area contributed by atoms with Gasteiger partial charge in [0.2, 0.25) is 10.0 Å². The molecule has 0 aliphatic heterocycles. The Morgan fingerprint density at radius 2 is 1.89 bits per heavy atom. The van der Waals surface area contributed by atoms with E-state index >= 15 is 0 Å². The van der Waals surface area contributed by atoms with Crippen LogP contribution in [-0.4, -0.2) is 46.4 Å². The van der Waals surface area contributed by atoms with Crippen LogP contribution in [0.25, 0.3) is 0 Å². The molecular formula is C19H24N2O5S. The Labute approximate surface area is 160 Å². The van der Waals surface area contributed by atoms with Crippen LogP contribution in [0.4, 0.5) is 0 Å². The van der Waals surface area contributed by atoms with Crippen molar-refractivity contribution in [2.45, 2.75) is 18.4 Å². The van der Waals surface area contributed by atoms with Gasteiger partial charge in [-0.25, -0.2) is 12.7 Å². The molecule has 7 nitrogen and oxygen atoms in total. The Kier molecular flexibility index (Phi) is 6.81. The Hall–Kier alpha value is -2.58. The minimum absolute atomic E-state index is 0.0353. The number of nitrogens with zero attached hydrogens (tertiary/aromatic N) is 1. The molecule has 2 aromatic carbocycles. The summed E-state index contributed by atoms with van der Waals surface area (Å²) in [6.07, 6.45) is 0. The Morgan fingerprint density at radius 3 is 2.56 bits per heavy atom. The summed E-state index contributed by atoms with van der Waals surface area (Å²) in [4.78, 5) is 12.1. The number of aryl methyl sites for hydroxylation is 1. The molecule has 0 fully saturated rings. The van der Waals surface area contributed by atoms with E-state index in [-0.39, 0.29) is 23.2 Å². The van der Waals surface area contributed by atoms with Gasteiger partial charge in [0, 0.05) is 20.6 Å². The standard InChI is InChI=1S/C19H24N2O5S/c1-14-8-9-17(18(10-14)27(23,24)21(2)3)26-13-19(22)20-12-15-6-5-7-16(11-15)25-4/h5-11H,12-13H2,1-4H3,(H,20,22). The van der Waals surface area contributed by atoms with Crippen molar-refractivity contribution in [3.8, 4) is 11.5 Å². The van der Waals surface area contributed by atoms with Crippen LogP contribution in [-0.2, 0) is 21.4 Å². The predicted octanol–water partition coefficient (Wildman–Crippen LogP) is 1.95. The van der Waals surface area contributed by atoms with Crippen LogP contribution in [0.5, 0.6) is 11.5 Å². The number of methoxy groups -OCH3 is 1. The molecule has 0 unspecified atom stereocenters. The van der Waals surface area contributed by atoms with E-state index in [1.54, 1.807) is 26.2 Å². The lowest BCUT2D eigenvalue weighted by atomic mass is 10.2. The molecule has 1 N–H and O–H groups in total. The van der Waals surface area contributed by atoms with Gasteiger partial charge in [0.05, 0.1) is 7.11 Å². The van der Waals surface area contributed by atoms with E-state index in [0.717, 1.165) is 15.4 Å². The number of rotatable bonds is 8. The fraction of sp³-hybridized carbons (Fsp3) is 0.316. The summed E-state index contributed by atoms with van der Waals surface area (Å²) in [5, 5.41) is 2.73. The maximum Gasteiger partial charge on any atom is 0.258 e. The fourth-order valence-corrected chi connectivity index (χ4v) is 3.42. The summed E-state index contributed by atoms with van der Waals surface area (Å²) in [5.74, 6) is 0.494. The normalized spacial score (nSPS) is 11.3. The monoisotopic (exact) mass is 392 g/mol. The molecule has 0 radical (unpaired) electrons. The lowest BCUT2D eigenvalue weighted by Gasteiger charge is -2.16. The van der Waals surface area contributed by atoms with Gasteiger partial charge in [0.15, 0.2) is 6.61 Å². The van der Waals surface area contributed by atoms with Gasteiger partial charge in [-0.3, -0.25) is 4.79 Å². The number of nitrogens with one attached hydrogen (secondary N) is 1. The molecule has 2 rings (SSSR count). The van der Waals surface area contributed by atoms with Crippen molar-refractivity contribution in [3.05, 3.63) is 53.6 Å². The number of sulfonamides is 1. The zero-order valence-electron chi connectivity index (χ0n) is 15.9. The molecule has 0 bridgehead atoms. The SMILES string of the molecule is COc1cccc(CNC(=O)COc2ccc(C)cc2S(=O)(=O)N(C)C)c1. The fourth-order valence-electron chi connectivity index (χ4n) is 2.31. The topological polar surface area (TPSA) is 84.9 Å². The van der Waals surface area contributed by atoms with Gasteiger partial charge in [-0.05, 0) is 42.3 Å². The third kappa shape index (κ3) is 5.45. The molecular weight excluding hydrogens is 368 g/mol. The van der Waals surface area contributed by atoms with E-state index in [1.165, 1.54) is 20.2 Å². The predicted molar refractivity (Wildman–Crippen MR) is 102 cm³/mol. The van der Waals surface area contributed by atoms with Crippen LogP contribution < -0.4 is 14.8 Å². The summed E-state index contributed by atoms with van der Waals surface area (Å²) in [6.45, 7) is 1.82. The Morgan fingerprint density at radius 1 is 1.15 bits per heavy atom. The third-order valence-electron chi connectivity index (χ3n) is 3.84. The Bertz CT molecular complexity index is 910. The minimum atomic E-state index is -3.68. The summed E-state index contributed by atoms with van der Waals surface area (Å²) in [7, 11) is 0.791. The average Bonchev–Trinajstić information content (AvgIpc) is 2.65. The first-order valence-electron chi connectivity index (χ1n) is 8.29. The molecule has 0 aliphatic rings. The van der Waals surface area contributed by atoms with Crippen molar-refractivity contribution in [2.75, 3.05) is 27.8 Å². The molecule has 0 saturated heterocycles. The quantitative estimate of drug-likeness (QED) is 0.742. The number of carbonyl (C=O) groups excluding carboxylic acids is 1. The van der Waals surface area contributed by atoms with Crippen molar-refractivity contribution in [2.24, 2.45) is 0 Å². The molecule has 0 atom stereocenters. The van der Waals surface area contributed by atoms with Crippen LogP contribution in [0.1, 0.15) is 11.1 Å². The van der Waals surface area contributed by atoms with Gasteiger partial charge in [-0.15, -0.1) is 0 Å². The Balaban J connectivity index is 2.03. The second kappa shape index (κ2) is 8.88. The largest absolute Gasteiger partial charge is 0.497 e. The van der Waals surface area contributed by atoms with Crippen LogP contribution in [0, 0.1) is 6.92 Å². The van der Waals surface area contributed by atoms with Crippen LogP contribution in [0.2, 0.25) is 0 Å². The first kappa shape index (κ1) is 20.7. The molecule has 27 heavy (non-hydrogen) atoms. The molecule has 0 saturated carbocycles. The van der Waals surface area contributed by atoms with Gasteiger partial charge in [-0.1, -0.05) is 18.2 Å². The number of benzene rings is 2. The molecule has 8 heteroatoms. The highest BCUT2D eigenvalue weighted by Crippen LogP contribution is 2.27. The van der Waals surface area contributed by atoms with Crippen molar-refractivity contribution in [3.63, 3.8) is 0 Å². The average molecular weight is 392 g/mol. The second-order valence-corrected chi connectivity index (χ2v) is 8.27. The van der Waals surface area contributed by atoms with Gasteiger partial charge in [0.1, 0.15) is 16.4 Å². The molecule has 0 heterocycles. The van der Waals surface area contributed by atoms with E-state index < -0.39 is 10.0 Å². The van der Waals surface area contributed by atoms with E-state index in [9.17, 15) is 13.2 Å². The maximum atomic E-state index is 12.5. The van der Waals surface area contributed by atoms with Crippen molar-refractivity contribution in [1.29, 1.82) is 0 Å². The number of amides is 1. The van der Waals surface area contributed by atoms with E-state index in [4.69, 9.17) is 9.47 Å². The molecule has 1 amide bonds. The van der Waals surface area contributed by atoms with Crippen molar-refractivity contribution in [1.82, 2.24) is 9.62 Å². The summed E-state index contributed by atoms with van der Waals surface area (Å²) in [6, 6.07) is 12.2. The highest BCUT2D eigenvalue weighted by Gasteiger charge is 2.23. The zero-order valence-corrected chi connectivity index (χ0v) is 16.7. The van der Waals surface area contributed by atoms with Crippen molar-refractivity contribution >= 4 is 15.9 Å². The van der Waals surface area contributed by atoms with Gasteiger partial charge >= 0.3 is 0 Å². The van der Waals surface area contributed by atoms with E-state index in [0.29, 0.717) is 12.3 Å². The molecule has 146 valence electrons. The van der Waals surface area contributed by atoms with Crippen LogP contribution in [0.3, 0.4) is 0 Å². The van der Waals surface area contributed by atoms with E-state index in [1.807, 2.05) is 24.3 Å². The maximum absolute atomic E-state index is 12.5. The number of carbonyl (C=O) groups is 1. The lowest BCUT2D eigenvalue weighted by molar-refractivity contribution is -0.123. The highest BCUT2D eigenvalue weighted by atomic mass is 32.2. The molecule has 0 spiro atoms. The minimum Gasteiger partial charge on any atom is -0.497 e. The van der Waals surface area contributed by atoms with Crippen molar-refractivity contribution < 1.29 is 22.7 Å². The molecule has 0 aliphatic carbocycles. The first-order chi connectivity index (χ1) is 12.7. The first-order valence-corrected chi connectivity index (χ1v) is 9.73.